The minimum atomic E-state index is -2.54. The van der Waals surface area contributed by atoms with Crippen LogP contribution >= 0.6 is 0 Å². The van der Waals surface area contributed by atoms with Gasteiger partial charge >= 0.3 is 0 Å². The van der Waals surface area contributed by atoms with Gasteiger partial charge in [-0.05, 0) is 25.0 Å². The molecular formula is C10H11F2N3O. The minimum Gasteiger partial charge on any atom is -0.399 e. The summed E-state index contributed by atoms with van der Waals surface area (Å²) in [5.41, 5.74) is 4.56. The smallest absolute Gasteiger partial charge is 0.270 e. The van der Waals surface area contributed by atoms with Crippen LogP contribution in [0.15, 0.2) is 18.3 Å². The average Bonchev–Trinajstić information content (AvgIpc) is 2.99. The zero-order valence-corrected chi connectivity index (χ0v) is 8.41. The van der Waals surface area contributed by atoms with Gasteiger partial charge in [0.2, 0.25) is 0 Å². The van der Waals surface area contributed by atoms with E-state index >= 15 is 0 Å². The second kappa shape index (κ2) is 3.70. The fraction of sp³-hybridized carbons (Fsp3) is 0.400. The number of hydrogen-bond acceptors (Lipinski definition) is 3. The second-order valence-corrected chi connectivity index (χ2v) is 3.89. The normalized spacial score (nSPS) is 17.2. The molecule has 0 atom stereocenters. The van der Waals surface area contributed by atoms with E-state index in [1.54, 1.807) is 0 Å². The van der Waals surface area contributed by atoms with Crippen molar-refractivity contribution in [1.82, 2.24) is 10.3 Å². The highest BCUT2D eigenvalue weighted by atomic mass is 19.3. The Kier molecular flexibility index (Phi) is 2.49. The number of nitrogen functional groups attached to an aromatic ring is 1. The molecule has 1 aromatic rings. The van der Waals surface area contributed by atoms with Crippen molar-refractivity contribution < 1.29 is 13.6 Å². The van der Waals surface area contributed by atoms with E-state index in [4.69, 9.17) is 5.73 Å². The van der Waals surface area contributed by atoms with Crippen LogP contribution < -0.4 is 11.1 Å². The van der Waals surface area contributed by atoms with Gasteiger partial charge in [-0.3, -0.25) is 9.78 Å². The number of hydrogen-bond donors (Lipinski definition) is 2. The van der Waals surface area contributed by atoms with Crippen LogP contribution in [0.4, 0.5) is 14.5 Å². The van der Waals surface area contributed by atoms with E-state index in [2.05, 4.69) is 10.3 Å². The third-order valence-electron chi connectivity index (χ3n) is 2.59. The SMILES string of the molecule is Nc1ccnc(C(=O)NC2(C(F)F)CC2)c1. The molecule has 2 rings (SSSR count). The van der Waals surface area contributed by atoms with Crippen molar-refractivity contribution in [2.45, 2.75) is 24.8 Å². The maximum Gasteiger partial charge on any atom is 0.270 e. The number of anilines is 1. The van der Waals surface area contributed by atoms with Gasteiger partial charge in [-0.2, -0.15) is 0 Å². The Bertz CT molecular complexity index is 418. The van der Waals surface area contributed by atoms with Crippen molar-refractivity contribution in [3.05, 3.63) is 24.0 Å². The third kappa shape index (κ3) is 1.95. The first-order valence-corrected chi connectivity index (χ1v) is 4.86. The number of aromatic nitrogens is 1. The first-order chi connectivity index (χ1) is 7.53. The van der Waals surface area contributed by atoms with Gasteiger partial charge in [-0.15, -0.1) is 0 Å². The molecule has 0 bridgehead atoms. The Morgan fingerprint density at radius 1 is 1.56 bits per heavy atom. The van der Waals surface area contributed by atoms with Crippen LogP contribution in [0.2, 0.25) is 0 Å². The van der Waals surface area contributed by atoms with Crippen LogP contribution in [-0.2, 0) is 0 Å². The van der Waals surface area contributed by atoms with Crippen LogP contribution in [0.25, 0.3) is 0 Å². The summed E-state index contributed by atoms with van der Waals surface area (Å²) >= 11 is 0. The second-order valence-electron chi connectivity index (χ2n) is 3.89. The standard InChI is InChI=1S/C10H11F2N3O/c11-9(12)10(2-3-10)15-8(16)7-5-6(13)1-4-14-7/h1,4-5,9H,2-3H2,(H2,13,14)(H,15,16). The van der Waals surface area contributed by atoms with Crippen molar-refractivity contribution in [2.75, 3.05) is 5.73 Å². The zero-order valence-electron chi connectivity index (χ0n) is 8.41. The quantitative estimate of drug-likeness (QED) is 0.815. The first-order valence-electron chi connectivity index (χ1n) is 4.86. The van der Waals surface area contributed by atoms with E-state index in [1.165, 1.54) is 18.3 Å². The summed E-state index contributed by atoms with van der Waals surface area (Å²) < 4.78 is 25.1. The van der Waals surface area contributed by atoms with Crippen LogP contribution in [0.3, 0.4) is 0 Å². The summed E-state index contributed by atoms with van der Waals surface area (Å²) in [5, 5.41) is 2.30. The molecule has 1 aliphatic rings. The number of alkyl halides is 2. The summed E-state index contributed by atoms with van der Waals surface area (Å²) in [6, 6.07) is 2.88. The fourth-order valence-corrected chi connectivity index (χ4v) is 1.39. The molecule has 1 heterocycles. The molecule has 1 fully saturated rings. The van der Waals surface area contributed by atoms with Crippen molar-refractivity contribution in [1.29, 1.82) is 0 Å². The number of rotatable bonds is 3. The molecule has 4 nitrogen and oxygen atoms in total. The molecule has 3 N–H and O–H groups in total. The largest absolute Gasteiger partial charge is 0.399 e. The maximum atomic E-state index is 12.6. The first kappa shape index (κ1) is 10.8. The number of nitrogens with zero attached hydrogens (tertiary/aromatic N) is 1. The number of nitrogens with two attached hydrogens (primary N) is 1. The van der Waals surface area contributed by atoms with Crippen molar-refractivity contribution >= 4 is 11.6 Å². The van der Waals surface area contributed by atoms with Gasteiger partial charge in [-0.25, -0.2) is 8.78 Å². The van der Waals surface area contributed by atoms with Crippen LogP contribution in [0.5, 0.6) is 0 Å². The lowest BCUT2D eigenvalue weighted by molar-refractivity contribution is 0.0676. The Hall–Kier alpha value is -1.72. The highest BCUT2D eigenvalue weighted by Crippen LogP contribution is 2.41. The lowest BCUT2D eigenvalue weighted by Gasteiger charge is -2.15. The summed E-state index contributed by atoms with van der Waals surface area (Å²) in [7, 11) is 0. The van der Waals surface area contributed by atoms with Gasteiger partial charge in [-0.1, -0.05) is 0 Å². The predicted octanol–water partition coefficient (Wildman–Crippen LogP) is 1.19. The highest BCUT2D eigenvalue weighted by Gasteiger charge is 2.52. The molecule has 86 valence electrons. The molecule has 6 heteroatoms. The average molecular weight is 227 g/mol. The monoisotopic (exact) mass is 227 g/mol. The topological polar surface area (TPSA) is 68.0 Å². The van der Waals surface area contributed by atoms with Crippen LogP contribution in [0, 0.1) is 0 Å². The molecule has 0 aromatic carbocycles. The van der Waals surface area contributed by atoms with Crippen molar-refractivity contribution in [2.24, 2.45) is 0 Å². The lowest BCUT2D eigenvalue weighted by Crippen LogP contribution is -2.42. The van der Waals surface area contributed by atoms with Crippen molar-refractivity contribution in [3.8, 4) is 0 Å². The van der Waals surface area contributed by atoms with E-state index in [-0.39, 0.29) is 5.69 Å². The van der Waals surface area contributed by atoms with E-state index in [0.717, 1.165) is 0 Å². The molecule has 0 radical (unpaired) electrons. The maximum absolute atomic E-state index is 12.6. The molecule has 0 saturated heterocycles. The zero-order chi connectivity index (χ0) is 11.8. The Morgan fingerprint density at radius 3 is 2.75 bits per heavy atom. The molecule has 1 aliphatic carbocycles. The lowest BCUT2D eigenvalue weighted by atomic mass is 10.2. The van der Waals surface area contributed by atoms with Crippen molar-refractivity contribution in [3.63, 3.8) is 0 Å². The summed E-state index contributed by atoms with van der Waals surface area (Å²) in [6.07, 6.45) is -0.568. The van der Waals surface area contributed by atoms with Crippen LogP contribution in [0.1, 0.15) is 23.3 Å². The van der Waals surface area contributed by atoms with Gasteiger partial charge in [0.15, 0.2) is 0 Å². The predicted molar refractivity (Wildman–Crippen MR) is 54.1 cm³/mol. The molecule has 1 aromatic heterocycles. The molecule has 0 aliphatic heterocycles. The van der Waals surface area contributed by atoms with E-state index in [0.29, 0.717) is 18.5 Å². The number of amides is 1. The van der Waals surface area contributed by atoms with Gasteiger partial charge in [0, 0.05) is 11.9 Å². The van der Waals surface area contributed by atoms with Crippen LogP contribution in [-0.4, -0.2) is 22.9 Å². The third-order valence-corrected chi connectivity index (χ3v) is 2.59. The number of carbonyl (C=O) groups is 1. The number of halogens is 2. The fourth-order valence-electron chi connectivity index (χ4n) is 1.39. The summed E-state index contributed by atoms with van der Waals surface area (Å²) in [6.45, 7) is 0. The Morgan fingerprint density at radius 2 is 2.25 bits per heavy atom. The molecule has 0 unspecified atom stereocenters. The summed E-state index contributed by atoms with van der Waals surface area (Å²) in [4.78, 5) is 15.4. The summed E-state index contributed by atoms with van der Waals surface area (Å²) in [5.74, 6) is -0.606. The van der Waals surface area contributed by atoms with E-state index in [1.807, 2.05) is 0 Å². The minimum absolute atomic E-state index is 0.0620. The molecule has 0 spiro atoms. The van der Waals surface area contributed by atoms with Gasteiger partial charge in [0.25, 0.3) is 12.3 Å². The Labute approximate surface area is 90.9 Å². The van der Waals surface area contributed by atoms with Gasteiger partial charge in [0.05, 0.1) is 0 Å². The number of pyridine rings is 1. The van der Waals surface area contributed by atoms with Gasteiger partial charge < -0.3 is 11.1 Å². The highest BCUT2D eigenvalue weighted by molar-refractivity contribution is 5.93. The van der Waals surface area contributed by atoms with Gasteiger partial charge in [0.1, 0.15) is 11.2 Å². The molecule has 1 saturated carbocycles. The van der Waals surface area contributed by atoms with E-state index in [9.17, 15) is 13.6 Å². The number of nitrogens with one attached hydrogen (secondary N) is 1. The molecular weight excluding hydrogens is 216 g/mol. The number of carbonyl (C=O) groups excluding carboxylic acids is 1. The van der Waals surface area contributed by atoms with E-state index < -0.39 is 17.9 Å². The molecule has 1 amide bonds. The molecule has 16 heavy (non-hydrogen) atoms. The Balaban J connectivity index is 2.09.